The van der Waals surface area contributed by atoms with Gasteiger partial charge in [-0.05, 0) is 32.1 Å². The number of nitrogens with one attached hydrogen (secondary N) is 1. The molecule has 0 bridgehead atoms. The van der Waals surface area contributed by atoms with E-state index >= 15 is 0 Å². The van der Waals surface area contributed by atoms with E-state index in [1.807, 2.05) is 0 Å². The molecule has 0 unspecified atom stereocenters. The molecule has 0 spiro atoms. The number of anilines is 1. The Hall–Kier alpha value is -2.65. The van der Waals surface area contributed by atoms with Crippen LogP contribution >= 0.6 is 0 Å². The van der Waals surface area contributed by atoms with Crippen molar-refractivity contribution in [2.24, 2.45) is 0 Å². The molecule has 1 amide bonds. The van der Waals surface area contributed by atoms with Crippen molar-refractivity contribution in [3.05, 3.63) is 35.1 Å². The first-order valence-electron chi connectivity index (χ1n) is 9.34. The van der Waals surface area contributed by atoms with E-state index in [1.165, 1.54) is 0 Å². The van der Waals surface area contributed by atoms with Crippen molar-refractivity contribution < 1.29 is 22.5 Å². The fourth-order valence-electron chi connectivity index (χ4n) is 3.74. The molecule has 0 radical (unpaired) electrons. The summed E-state index contributed by atoms with van der Waals surface area (Å²) in [6.07, 6.45) is 1.32. The molecule has 3 heterocycles. The maximum atomic E-state index is 12.8. The fourth-order valence-corrected chi connectivity index (χ4v) is 3.74. The van der Waals surface area contributed by atoms with Gasteiger partial charge in [0.2, 0.25) is 0 Å². The summed E-state index contributed by atoms with van der Waals surface area (Å²) in [6, 6.07) is 0.893. The van der Waals surface area contributed by atoms with Crippen LogP contribution in [0.25, 0.3) is 0 Å². The number of amides is 1. The van der Waals surface area contributed by atoms with Crippen LogP contribution in [0.5, 0.6) is 0 Å². The number of alkyl halides is 3. The highest BCUT2D eigenvalue weighted by atomic mass is 19.4. The van der Waals surface area contributed by atoms with Crippen molar-refractivity contribution in [1.82, 2.24) is 20.4 Å². The monoisotopic (exact) mass is 395 g/mol. The number of fused-ring (bicyclic) bond motifs is 1. The predicted molar refractivity (Wildman–Crippen MR) is 92.9 cm³/mol. The lowest BCUT2D eigenvalue weighted by Crippen LogP contribution is -2.45. The van der Waals surface area contributed by atoms with E-state index in [1.54, 1.807) is 4.90 Å². The third-order valence-electron chi connectivity index (χ3n) is 5.26. The number of halogens is 3. The van der Waals surface area contributed by atoms with Gasteiger partial charge in [-0.15, -0.1) is 0 Å². The van der Waals surface area contributed by atoms with Gasteiger partial charge in [0.15, 0.2) is 5.69 Å². The number of aromatic nitrogens is 3. The molecule has 1 N–H and O–H groups in total. The topological polar surface area (TPSA) is 84.2 Å². The van der Waals surface area contributed by atoms with Crippen molar-refractivity contribution in [1.29, 1.82) is 0 Å². The largest absolute Gasteiger partial charge is 0.433 e. The van der Waals surface area contributed by atoms with E-state index in [0.717, 1.165) is 49.4 Å². The number of aryl methyl sites for hydroxylation is 1. The quantitative estimate of drug-likeness (QED) is 0.860. The number of carbonyl (C=O) groups is 1. The highest BCUT2D eigenvalue weighted by molar-refractivity contribution is 5.94. The van der Waals surface area contributed by atoms with E-state index in [-0.39, 0.29) is 17.8 Å². The zero-order valence-corrected chi connectivity index (χ0v) is 15.1. The van der Waals surface area contributed by atoms with Crippen LogP contribution in [0.2, 0.25) is 0 Å². The standard InChI is InChI=1S/C18H20F3N5O2/c19-18(20,21)14-9-15(23-10-22-14)26-7-5-11(6-8-26)24-17(27)16-12-3-1-2-4-13(12)28-25-16/h9-11H,1-8H2,(H,24,27). The first-order valence-corrected chi connectivity index (χ1v) is 9.34. The molecule has 0 aromatic carbocycles. The molecule has 1 aliphatic heterocycles. The smallest absolute Gasteiger partial charge is 0.360 e. The van der Waals surface area contributed by atoms with E-state index in [2.05, 4.69) is 20.4 Å². The molecule has 0 atom stereocenters. The van der Waals surface area contributed by atoms with Crippen molar-refractivity contribution in [3.8, 4) is 0 Å². The Morgan fingerprint density at radius 2 is 1.93 bits per heavy atom. The summed E-state index contributed by atoms with van der Waals surface area (Å²) in [5, 5.41) is 6.92. The molecule has 28 heavy (non-hydrogen) atoms. The van der Waals surface area contributed by atoms with E-state index in [0.29, 0.717) is 31.6 Å². The van der Waals surface area contributed by atoms with Crippen molar-refractivity contribution >= 4 is 11.7 Å². The molecule has 7 nitrogen and oxygen atoms in total. The molecular weight excluding hydrogens is 375 g/mol. The lowest BCUT2D eigenvalue weighted by Gasteiger charge is -2.33. The van der Waals surface area contributed by atoms with Gasteiger partial charge in [0.05, 0.1) is 0 Å². The zero-order valence-electron chi connectivity index (χ0n) is 15.1. The third-order valence-corrected chi connectivity index (χ3v) is 5.26. The lowest BCUT2D eigenvalue weighted by atomic mass is 9.96. The Kier molecular flexibility index (Phi) is 4.94. The van der Waals surface area contributed by atoms with Gasteiger partial charge >= 0.3 is 6.18 Å². The summed E-state index contributed by atoms with van der Waals surface area (Å²) in [5.74, 6) is 0.805. The number of carbonyl (C=O) groups excluding carboxylic acids is 1. The summed E-state index contributed by atoms with van der Waals surface area (Å²) >= 11 is 0. The Labute approximate surface area is 159 Å². The molecule has 4 rings (SSSR count). The van der Waals surface area contributed by atoms with Crippen LogP contribution in [0, 0.1) is 0 Å². The molecule has 150 valence electrons. The van der Waals surface area contributed by atoms with Crippen LogP contribution in [0.1, 0.15) is 53.2 Å². The van der Waals surface area contributed by atoms with Crippen LogP contribution in [0.4, 0.5) is 19.0 Å². The van der Waals surface area contributed by atoms with Gasteiger partial charge in [0.25, 0.3) is 5.91 Å². The zero-order chi connectivity index (χ0) is 19.7. The summed E-state index contributed by atoms with van der Waals surface area (Å²) in [4.78, 5) is 21.6. The molecule has 2 aliphatic rings. The van der Waals surface area contributed by atoms with E-state index in [4.69, 9.17) is 4.52 Å². The molecule has 10 heteroatoms. The normalized spacial score (nSPS) is 18.0. The average Bonchev–Trinajstić information content (AvgIpc) is 3.12. The van der Waals surface area contributed by atoms with Crippen molar-refractivity contribution in [2.75, 3.05) is 18.0 Å². The molecule has 1 aliphatic carbocycles. The fraction of sp³-hybridized carbons (Fsp3) is 0.556. The molecule has 0 saturated carbocycles. The van der Waals surface area contributed by atoms with Gasteiger partial charge in [0.1, 0.15) is 23.6 Å². The highest BCUT2D eigenvalue weighted by Gasteiger charge is 2.34. The van der Waals surface area contributed by atoms with E-state index < -0.39 is 11.9 Å². The van der Waals surface area contributed by atoms with Gasteiger partial charge in [-0.25, -0.2) is 9.97 Å². The van der Waals surface area contributed by atoms with Crippen molar-refractivity contribution in [3.63, 3.8) is 0 Å². The van der Waals surface area contributed by atoms with Gasteiger partial charge in [-0.3, -0.25) is 4.79 Å². The van der Waals surface area contributed by atoms with Crippen LogP contribution < -0.4 is 10.2 Å². The number of hydrogen-bond donors (Lipinski definition) is 1. The van der Waals surface area contributed by atoms with Crippen LogP contribution in [-0.2, 0) is 19.0 Å². The molecule has 1 fully saturated rings. The average molecular weight is 395 g/mol. The number of piperidine rings is 1. The lowest BCUT2D eigenvalue weighted by molar-refractivity contribution is -0.141. The van der Waals surface area contributed by atoms with Gasteiger partial charge in [-0.2, -0.15) is 13.2 Å². The third kappa shape index (κ3) is 3.81. The first kappa shape index (κ1) is 18.7. The highest BCUT2D eigenvalue weighted by Crippen LogP contribution is 2.30. The maximum absolute atomic E-state index is 12.8. The molecule has 2 aromatic rings. The Balaban J connectivity index is 1.36. The predicted octanol–water partition coefficient (Wildman–Crippen LogP) is 2.76. The van der Waals surface area contributed by atoms with E-state index in [9.17, 15) is 18.0 Å². The Morgan fingerprint density at radius 3 is 2.68 bits per heavy atom. The number of rotatable bonds is 3. The Bertz CT molecular complexity index is 859. The minimum Gasteiger partial charge on any atom is -0.360 e. The van der Waals surface area contributed by atoms with Crippen LogP contribution in [-0.4, -0.2) is 40.2 Å². The summed E-state index contributed by atoms with van der Waals surface area (Å²) in [5.41, 5.74) is 0.313. The maximum Gasteiger partial charge on any atom is 0.433 e. The molecule has 2 aromatic heterocycles. The van der Waals surface area contributed by atoms with Crippen molar-refractivity contribution in [2.45, 2.75) is 50.7 Å². The second-order valence-corrected chi connectivity index (χ2v) is 7.13. The van der Waals surface area contributed by atoms with Crippen LogP contribution in [0.15, 0.2) is 16.9 Å². The van der Waals surface area contributed by atoms with Gasteiger partial charge in [0, 0.05) is 37.2 Å². The number of nitrogens with zero attached hydrogens (tertiary/aromatic N) is 4. The van der Waals surface area contributed by atoms with Gasteiger partial charge in [-0.1, -0.05) is 5.16 Å². The summed E-state index contributed by atoms with van der Waals surface area (Å²) in [7, 11) is 0. The molecule has 1 saturated heterocycles. The minimum absolute atomic E-state index is 0.0661. The summed E-state index contributed by atoms with van der Waals surface area (Å²) in [6.45, 7) is 0.992. The second-order valence-electron chi connectivity index (χ2n) is 7.13. The SMILES string of the molecule is O=C(NC1CCN(c2cc(C(F)(F)F)ncn2)CC1)c1noc2c1CCCC2. The molecular formula is C18H20F3N5O2. The minimum atomic E-state index is -4.50. The Morgan fingerprint density at radius 1 is 1.18 bits per heavy atom. The van der Waals surface area contributed by atoms with Crippen LogP contribution in [0.3, 0.4) is 0 Å². The summed E-state index contributed by atoms with van der Waals surface area (Å²) < 4.78 is 43.8. The first-order chi connectivity index (χ1) is 13.4. The van der Waals surface area contributed by atoms with Gasteiger partial charge < -0.3 is 14.7 Å². The number of hydrogen-bond acceptors (Lipinski definition) is 6. The second kappa shape index (κ2) is 7.40.